The zero-order valence-electron chi connectivity index (χ0n) is 18.4. The number of nitrogens with one attached hydrogen (secondary N) is 2. The number of benzene rings is 1. The first kappa shape index (κ1) is 24.6. The Kier molecular flexibility index (Phi) is 10.1. The number of nitrogens with zero attached hydrogens (tertiary/aromatic N) is 3. The molecule has 0 amide bonds. The SMILES string of the molecule is CCNC(=NCc1nc(C)c(C)o1)NCC(c1cccc(C)c1)N1CCOCC1.I. The summed E-state index contributed by atoms with van der Waals surface area (Å²) in [5.41, 5.74) is 3.50. The fraction of sp³-hybridized carbons (Fsp3) is 0.545. The highest BCUT2D eigenvalue weighted by atomic mass is 127. The summed E-state index contributed by atoms with van der Waals surface area (Å²) >= 11 is 0. The molecular formula is C22H34IN5O2. The lowest BCUT2D eigenvalue weighted by Crippen LogP contribution is -2.46. The number of hydrogen-bond acceptors (Lipinski definition) is 5. The standard InChI is InChI=1S/C22H33N5O2.HI/c1-5-23-22(25-15-21-26-17(3)18(4)29-21)24-14-20(27-9-11-28-12-10-27)19-8-6-7-16(2)13-19;/h6-8,13,20H,5,9-12,14-15H2,1-4H3,(H2,23,24,25);1H. The first-order chi connectivity index (χ1) is 14.1. The third-order valence-corrected chi connectivity index (χ3v) is 5.17. The van der Waals surface area contributed by atoms with Gasteiger partial charge in [-0.25, -0.2) is 9.98 Å². The maximum Gasteiger partial charge on any atom is 0.216 e. The van der Waals surface area contributed by atoms with E-state index in [-0.39, 0.29) is 30.0 Å². The molecule has 7 nitrogen and oxygen atoms in total. The average Bonchev–Trinajstić information content (AvgIpc) is 3.04. The minimum atomic E-state index is 0. The number of rotatable bonds is 7. The number of halogens is 1. The Morgan fingerprint density at radius 2 is 1.97 bits per heavy atom. The van der Waals surface area contributed by atoms with Crippen LogP contribution in [0.15, 0.2) is 33.7 Å². The van der Waals surface area contributed by atoms with Gasteiger partial charge in [-0.2, -0.15) is 0 Å². The van der Waals surface area contributed by atoms with E-state index >= 15 is 0 Å². The molecule has 1 fully saturated rings. The Labute approximate surface area is 196 Å². The summed E-state index contributed by atoms with van der Waals surface area (Å²) in [6, 6.07) is 9.00. The fourth-order valence-corrected chi connectivity index (χ4v) is 3.51. The Bertz CT molecular complexity index is 798. The number of oxazole rings is 1. The number of aromatic nitrogens is 1. The molecule has 3 rings (SSSR count). The molecule has 0 spiro atoms. The first-order valence-electron chi connectivity index (χ1n) is 10.4. The van der Waals surface area contributed by atoms with E-state index < -0.39 is 0 Å². The van der Waals surface area contributed by atoms with Crippen LogP contribution in [0.5, 0.6) is 0 Å². The van der Waals surface area contributed by atoms with Gasteiger partial charge in [0, 0.05) is 26.2 Å². The molecule has 1 aliphatic heterocycles. The zero-order chi connectivity index (χ0) is 20.6. The van der Waals surface area contributed by atoms with Gasteiger partial charge in [0.25, 0.3) is 0 Å². The van der Waals surface area contributed by atoms with Gasteiger partial charge in [-0.3, -0.25) is 4.90 Å². The number of guanidine groups is 1. The Balaban J connectivity index is 0.00000320. The summed E-state index contributed by atoms with van der Waals surface area (Å²) in [7, 11) is 0. The number of morpholine rings is 1. The molecule has 2 heterocycles. The molecule has 30 heavy (non-hydrogen) atoms. The summed E-state index contributed by atoms with van der Waals surface area (Å²) in [5.74, 6) is 2.26. The molecule has 1 aromatic heterocycles. The van der Waals surface area contributed by atoms with E-state index in [4.69, 9.17) is 9.15 Å². The summed E-state index contributed by atoms with van der Waals surface area (Å²) < 4.78 is 11.2. The van der Waals surface area contributed by atoms with Crippen molar-refractivity contribution in [3.63, 3.8) is 0 Å². The van der Waals surface area contributed by atoms with E-state index in [1.165, 1.54) is 11.1 Å². The van der Waals surface area contributed by atoms with E-state index in [9.17, 15) is 0 Å². The van der Waals surface area contributed by atoms with Crippen LogP contribution in [0.25, 0.3) is 0 Å². The molecule has 1 aromatic carbocycles. The number of aliphatic imine (C=N–C) groups is 1. The molecule has 1 saturated heterocycles. The van der Waals surface area contributed by atoms with Crippen LogP contribution in [0.4, 0.5) is 0 Å². The predicted molar refractivity (Wildman–Crippen MR) is 131 cm³/mol. The zero-order valence-corrected chi connectivity index (χ0v) is 20.7. The van der Waals surface area contributed by atoms with Crippen LogP contribution >= 0.6 is 24.0 Å². The molecule has 2 N–H and O–H groups in total. The van der Waals surface area contributed by atoms with Crippen LogP contribution in [0, 0.1) is 20.8 Å². The monoisotopic (exact) mass is 527 g/mol. The van der Waals surface area contributed by atoms with Gasteiger partial charge in [-0.15, -0.1) is 24.0 Å². The highest BCUT2D eigenvalue weighted by Gasteiger charge is 2.23. The molecule has 1 unspecified atom stereocenters. The van der Waals surface area contributed by atoms with E-state index in [2.05, 4.69) is 63.6 Å². The van der Waals surface area contributed by atoms with Crippen LogP contribution < -0.4 is 10.6 Å². The van der Waals surface area contributed by atoms with Crippen molar-refractivity contribution in [1.82, 2.24) is 20.5 Å². The number of hydrogen-bond donors (Lipinski definition) is 2. The lowest BCUT2D eigenvalue weighted by molar-refractivity contribution is 0.0170. The van der Waals surface area contributed by atoms with Gasteiger partial charge in [-0.1, -0.05) is 29.8 Å². The molecule has 0 saturated carbocycles. The van der Waals surface area contributed by atoms with Crippen LogP contribution in [-0.2, 0) is 11.3 Å². The smallest absolute Gasteiger partial charge is 0.216 e. The summed E-state index contributed by atoms with van der Waals surface area (Å²) in [4.78, 5) is 11.6. The van der Waals surface area contributed by atoms with Crippen LogP contribution in [0.3, 0.4) is 0 Å². The largest absolute Gasteiger partial charge is 0.444 e. The predicted octanol–water partition coefficient (Wildman–Crippen LogP) is 3.35. The van der Waals surface area contributed by atoms with E-state index in [0.29, 0.717) is 12.4 Å². The summed E-state index contributed by atoms with van der Waals surface area (Å²) in [6.45, 7) is 13.5. The van der Waals surface area contributed by atoms with Crippen molar-refractivity contribution in [3.8, 4) is 0 Å². The van der Waals surface area contributed by atoms with Gasteiger partial charge in [0.1, 0.15) is 12.3 Å². The normalized spacial score (nSPS) is 16.1. The van der Waals surface area contributed by atoms with E-state index in [1.54, 1.807) is 0 Å². The Hall–Kier alpha value is -1.65. The topological polar surface area (TPSA) is 74.9 Å². The maximum atomic E-state index is 5.65. The third kappa shape index (κ3) is 6.95. The maximum absolute atomic E-state index is 5.65. The summed E-state index contributed by atoms with van der Waals surface area (Å²) in [5, 5.41) is 6.84. The van der Waals surface area contributed by atoms with Crippen molar-refractivity contribution in [2.75, 3.05) is 39.4 Å². The molecule has 1 atom stereocenters. The molecule has 2 aromatic rings. The van der Waals surface area contributed by atoms with Gasteiger partial charge in [-0.05, 0) is 33.3 Å². The Morgan fingerprint density at radius 3 is 2.60 bits per heavy atom. The van der Waals surface area contributed by atoms with Crippen molar-refractivity contribution in [1.29, 1.82) is 0 Å². The van der Waals surface area contributed by atoms with Crippen molar-refractivity contribution in [3.05, 3.63) is 52.7 Å². The number of aryl methyl sites for hydroxylation is 3. The first-order valence-corrected chi connectivity index (χ1v) is 10.4. The van der Waals surface area contributed by atoms with Crippen molar-refractivity contribution in [2.24, 2.45) is 4.99 Å². The molecule has 1 aliphatic rings. The molecule has 0 bridgehead atoms. The molecule has 0 aliphatic carbocycles. The highest BCUT2D eigenvalue weighted by Crippen LogP contribution is 2.22. The van der Waals surface area contributed by atoms with Gasteiger partial charge in [0.05, 0.1) is 24.9 Å². The summed E-state index contributed by atoms with van der Waals surface area (Å²) in [6.07, 6.45) is 0. The van der Waals surface area contributed by atoms with Crippen LogP contribution in [0.2, 0.25) is 0 Å². The van der Waals surface area contributed by atoms with E-state index in [1.807, 2.05) is 13.8 Å². The van der Waals surface area contributed by atoms with Crippen LogP contribution in [-0.4, -0.2) is 55.2 Å². The quantitative estimate of drug-likeness (QED) is 0.327. The van der Waals surface area contributed by atoms with E-state index in [0.717, 1.165) is 56.8 Å². The van der Waals surface area contributed by atoms with Crippen molar-refractivity contribution < 1.29 is 9.15 Å². The minimum absolute atomic E-state index is 0. The van der Waals surface area contributed by atoms with Crippen LogP contribution in [0.1, 0.15) is 41.4 Å². The molecule has 0 radical (unpaired) electrons. The van der Waals surface area contributed by atoms with Gasteiger partial charge >= 0.3 is 0 Å². The van der Waals surface area contributed by atoms with Gasteiger partial charge in [0.15, 0.2) is 5.96 Å². The van der Waals surface area contributed by atoms with Gasteiger partial charge < -0.3 is 19.8 Å². The average molecular weight is 527 g/mol. The fourth-order valence-electron chi connectivity index (χ4n) is 3.51. The molecule has 8 heteroatoms. The van der Waals surface area contributed by atoms with Gasteiger partial charge in [0.2, 0.25) is 5.89 Å². The molecule has 166 valence electrons. The van der Waals surface area contributed by atoms with Crippen molar-refractivity contribution in [2.45, 2.75) is 40.3 Å². The minimum Gasteiger partial charge on any atom is -0.444 e. The second kappa shape index (κ2) is 12.3. The second-order valence-corrected chi connectivity index (χ2v) is 7.40. The lowest BCUT2D eigenvalue weighted by Gasteiger charge is -2.35. The number of ether oxygens (including phenoxy) is 1. The third-order valence-electron chi connectivity index (χ3n) is 5.17. The lowest BCUT2D eigenvalue weighted by atomic mass is 10.0. The Morgan fingerprint density at radius 1 is 1.20 bits per heavy atom. The van der Waals surface area contributed by atoms with Crippen molar-refractivity contribution >= 4 is 29.9 Å². The second-order valence-electron chi connectivity index (χ2n) is 7.40. The molecular weight excluding hydrogens is 493 g/mol. The highest BCUT2D eigenvalue weighted by molar-refractivity contribution is 14.0.